The summed E-state index contributed by atoms with van der Waals surface area (Å²) in [5.41, 5.74) is 0.529. The van der Waals surface area contributed by atoms with Crippen molar-refractivity contribution in [3.8, 4) is 17.2 Å². The Morgan fingerprint density at radius 3 is 2.13 bits per heavy atom. The van der Waals surface area contributed by atoms with Crippen molar-refractivity contribution < 1.29 is 19.0 Å². The number of hydrogen-bond acceptors (Lipinski definition) is 4. The van der Waals surface area contributed by atoms with E-state index in [-0.39, 0.29) is 5.91 Å². The summed E-state index contributed by atoms with van der Waals surface area (Å²) in [5.74, 6) is 2.41. The zero-order valence-corrected chi connectivity index (χ0v) is 15.9. The molecule has 2 atom stereocenters. The molecule has 1 aliphatic heterocycles. The number of carbonyl (C=O) groups excluding carboxylic acids is 1. The van der Waals surface area contributed by atoms with E-state index in [1.165, 1.54) is 0 Å². The van der Waals surface area contributed by atoms with E-state index in [1.807, 2.05) is 4.90 Å². The summed E-state index contributed by atoms with van der Waals surface area (Å²) >= 11 is 3.49. The highest BCUT2D eigenvalue weighted by atomic mass is 79.9. The third-order valence-corrected chi connectivity index (χ3v) is 4.94. The first-order valence-electron chi connectivity index (χ1n) is 7.70. The number of ether oxygens (including phenoxy) is 3. The van der Waals surface area contributed by atoms with Gasteiger partial charge in [-0.1, -0.05) is 13.8 Å². The molecule has 0 bridgehead atoms. The first-order chi connectivity index (χ1) is 10.9. The van der Waals surface area contributed by atoms with Gasteiger partial charge < -0.3 is 19.1 Å². The van der Waals surface area contributed by atoms with Gasteiger partial charge >= 0.3 is 0 Å². The van der Waals surface area contributed by atoms with E-state index in [9.17, 15) is 4.79 Å². The number of rotatable bonds is 4. The van der Waals surface area contributed by atoms with Crippen molar-refractivity contribution in [3.05, 3.63) is 16.1 Å². The Morgan fingerprint density at radius 1 is 1.09 bits per heavy atom. The van der Waals surface area contributed by atoms with Gasteiger partial charge in [0.2, 0.25) is 5.75 Å². The number of methoxy groups -OCH3 is 3. The second-order valence-electron chi connectivity index (χ2n) is 6.16. The first kappa shape index (κ1) is 17.9. The van der Waals surface area contributed by atoms with Crippen molar-refractivity contribution in [1.29, 1.82) is 0 Å². The lowest BCUT2D eigenvalue weighted by molar-refractivity contribution is 0.0621. The molecule has 0 spiro atoms. The van der Waals surface area contributed by atoms with Gasteiger partial charge in [-0.2, -0.15) is 0 Å². The lowest BCUT2D eigenvalue weighted by Crippen LogP contribution is -2.42. The minimum Gasteiger partial charge on any atom is -0.493 e. The van der Waals surface area contributed by atoms with E-state index in [0.29, 0.717) is 39.1 Å². The molecule has 128 valence electrons. The van der Waals surface area contributed by atoms with E-state index in [2.05, 4.69) is 29.8 Å². The summed E-state index contributed by atoms with van der Waals surface area (Å²) in [6.07, 6.45) is 1.15. The molecule has 1 aromatic carbocycles. The van der Waals surface area contributed by atoms with Crippen LogP contribution in [0.4, 0.5) is 0 Å². The van der Waals surface area contributed by atoms with Crippen molar-refractivity contribution in [2.45, 2.75) is 20.3 Å². The van der Waals surface area contributed by atoms with Crippen molar-refractivity contribution in [2.75, 3.05) is 34.4 Å². The van der Waals surface area contributed by atoms with E-state index in [0.717, 1.165) is 19.5 Å². The monoisotopic (exact) mass is 385 g/mol. The molecule has 0 radical (unpaired) electrons. The fourth-order valence-corrected chi connectivity index (χ4v) is 3.90. The lowest BCUT2D eigenvalue weighted by atomic mass is 9.91. The molecule has 6 heteroatoms. The van der Waals surface area contributed by atoms with Crippen molar-refractivity contribution in [1.82, 2.24) is 4.90 Å². The molecule has 1 aromatic rings. The summed E-state index contributed by atoms with van der Waals surface area (Å²) in [6, 6.07) is 1.71. The quantitative estimate of drug-likeness (QED) is 0.794. The number of nitrogens with zero attached hydrogens (tertiary/aromatic N) is 1. The van der Waals surface area contributed by atoms with E-state index < -0.39 is 0 Å². The molecule has 1 aliphatic rings. The van der Waals surface area contributed by atoms with Crippen LogP contribution in [0, 0.1) is 11.8 Å². The standard InChI is InChI=1S/C17H24BrNO4/c1-10-6-11(2)9-19(8-10)17(20)12-7-13(21-3)15(22-4)16(23-5)14(12)18/h7,10-11H,6,8-9H2,1-5H3. The predicted octanol–water partition coefficient (Wildman–Crippen LogP) is 3.59. The van der Waals surface area contributed by atoms with Gasteiger partial charge in [-0.25, -0.2) is 0 Å². The van der Waals surface area contributed by atoms with Gasteiger partial charge in [0.1, 0.15) is 0 Å². The number of halogens is 1. The largest absolute Gasteiger partial charge is 0.493 e. The van der Waals surface area contributed by atoms with Crippen LogP contribution >= 0.6 is 15.9 Å². The normalized spacial score (nSPS) is 21.0. The Labute approximate surface area is 146 Å². The maximum atomic E-state index is 13.0. The van der Waals surface area contributed by atoms with Gasteiger partial charge in [0.15, 0.2) is 11.5 Å². The van der Waals surface area contributed by atoms with Crippen LogP contribution < -0.4 is 14.2 Å². The van der Waals surface area contributed by atoms with Crippen LogP contribution in [0.15, 0.2) is 10.5 Å². The molecular formula is C17H24BrNO4. The smallest absolute Gasteiger partial charge is 0.255 e. The fourth-order valence-electron chi connectivity index (χ4n) is 3.28. The first-order valence-corrected chi connectivity index (χ1v) is 8.49. The van der Waals surface area contributed by atoms with E-state index in [4.69, 9.17) is 14.2 Å². The fraction of sp³-hybridized carbons (Fsp3) is 0.588. The molecule has 1 amide bonds. The van der Waals surface area contributed by atoms with Crippen molar-refractivity contribution in [2.24, 2.45) is 11.8 Å². The number of benzene rings is 1. The molecule has 1 fully saturated rings. The molecule has 23 heavy (non-hydrogen) atoms. The number of hydrogen-bond donors (Lipinski definition) is 0. The summed E-state index contributed by atoms with van der Waals surface area (Å²) in [6.45, 7) is 5.90. The van der Waals surface area contributed by atoms with Crippen molar-refractivity contribution in [3.63, 3.8) is 0 Å². The van der Waals surface area contributed by atoms with Gasteiger partial charge in [-0.15, -0.1) is 0 Å². The molecular weight excluding hydrogens is 362 g/mol. The van der Waals surface area contributed by atoms with Gasteiger partial charge in [0.05, 0.1) is 31.4 Å². The Bertz CT molecular complexity index is 580. The lowest BCUT2D eigenvalue weighted by Gasteiger charge is -2.35. The highest BCUT2D eigenvalue weighted by Crippen LogP contribution is 2.45. The predicted molar refractivity (Wildman–Crippen MR) is 92.6 cm³/mol. The molecule has 1 saturated heterocycles. The summed E-state index contributed by atoms with van der Waals surface area (Å²) < 4.78 is 16.7. The molecule has 0 aliphatic carbocycles. The highest BCUT2D eigenvalue weighted by molar-refractivity contribution is 9.10. The van der Waals surface area contributed by atoms with Gasteiger partial charge in [-0.05, 0) is 40.3 Å². The van der Waals surface area contributed by atoms with E-state index in [1.54, 1.807) is 27.4 Å². The molecule has 0 N–H and O–H groups in total. The van der Waals surface area contributed by atoms with Crippen LogP contribution in [0.25, 0.3) is 0 Å². The van der Waals surface area contributed by atoms with Crippen LogP contribution in [0.3, 0.4) is 0 Å². The molecule has 0 saturated carbocycles. The molecule has 0 aromatic heterocycles. The second-order valence-corrected chi connectivity index (χ2v) is 6.96. The molecule has 1 heterocycles. The zero-order chi connectivity index (χ0) is 17.1. The average molecular weight is 386 g/mol. The van der Waals surface area contributed by atoms with Gasteiger partial charge in [0, 0.05) is 13.1 Å². The van der Waals surface area contributed by atoms with Crippen molar-refractivity contribution >= 4 is 21.8 Å². The number of likely N-dealkylation sites (tertiary alicyclic amines) is 1. The van der Waals surface area contributed by atoms with Crippen LogP contribution in [-0.2, 0) is 0 Å². The number of piperidine rings is 1. The Balaban J connectivity index is 2.44. The third kappa shape index (κ3) is 3.57. The number of carbonyl (C=O) groups is 1. The van der Waals surface area contributed by atoms with Crippen LogP contribution in [0.5, 0.6) is 17.2 Å². The average Bonchev–Trinajstić information content (AvgIpc) is 2.52. The minimum absolute atomic E-state index is 0.0190. The SMILES string of the molecule is COc1cc(C(=O)N2CC(C)CC(C)C2)c(Br)c(OC)c1OC. The maximum Gasteiger partial charge on any atom is 0.255 e. The zero-order valence-electron chi connectivity index (χ0n) is 14.3. The van der Waals surface area contributed by atoms with E-state index >= 15 is 0 Å². The summed E-state index contributed by atoms with van der Waals surface area (Å²) in [4.78, 5) is 14.9. The van der Waals surface area contributed by atoms with Crippen LogP contribution in [-0.4, -0.2) is 45.2 Å². The molecule has 2 unspecified atom stereocenters. The van der Waals surface area contributed by atoms with Gasteiger partial charge in [-0.3, -0.25) is 4.79 Å². The third-order valence-electron chi connectivity index (χ3n) is 4.16. The summed E-state index contributed by atoms with van der Waals surface area (Å²) in [7, 11) is 4.63. The second kappa shape index (κ2) is 7.43. The maximum absolute atomic E-state index is 13.0. The molecule has 2 rings (SSSR count). The number of amides is 1. The Kier molecular flexibility index (Phi) is 5.79. The summed E-state index contributed by atoms with van der Waals surface area (Å²) in [5, 5.41) is 0. The highest BCUT2D eigenvalue weighted by Gasteiger charge is 2.30. The molecule has 5 nitrogen and oxygen atoms in total. The van der Waals surface area contributed by atoms with Gasteiger partial charge in [0.25, 0.3) is 5.91 Å². The van der Waals surface area contributed by atoms with Crippen LogP contribution in [0.2, 0.25) is 0 Å². The van der Waals surface area contributed by atoms with Crippen LogP contribution in [0.1, 0.15) is 30.6 Å². The Hall–Kier alpha value is -1.43. The topological polar surface area (TPSA) is 48.0 Å². The Morgan fingerprint density at radius 2 is 1.65 bits per heavy atom. The minimum atomic E-state index is -0.0190.